The van der Waals surface area contributed by atoms with Gasteiger partial charge in [-0.1, -0.05) is 58.7 Å². The van der Waals surface area contributed by atoms with Crippen LogP contribution in [0.5, 0.6) is 0 Å². The Morgan fingerprint density at radius 2 is 1.94 bits per heavy atom. The number of carbonyl (C=O) groups excluding carboxylic acids is 2. The first-order valence-electron chi connectivity index (χ1n) is 10.5. The molecule has 3 rings (SSSR count). The number of carbonyl (C=O) groups is 2. The maximum atomic E-state index is 12.7. The number of hydrogen-bond donors (Lipinski definition) is 2. The Kier molecular flexibility index (Phi) is 8.77. The average Bonchev–Trinajstić information content (AvgIpc) is 3.17. The lowest BCUT2D eigenvalue weighted by molar-refractivity contribution is -0.113. The van der Waals surface area contributed by atoms with E-state index in [1.807, 2.05) is 36.6 Å². The van der Waals surface area contributed by atoms with Crippen LogP contribution in [0, 0.1) is 13.8 Å². The molecule has 0 aliphatic carbocycles. The van der Waals surface area contributed by atoms with Crippen molar-refractivity contribution in [1.82, 2.24) is 20.1 Å². The average molecular weight is 518 g/mol. The lowest BCUT2D eigenvalue weighted by Gasteiger charge is -2.16. The van der Waals surface area contributed by atoms with Crippen molar-refractivity contribution in [3.05, 3.63) is 81.6 Å². The van der Waals surface area contributed by atoms with Crippen LogP contribution in [-0.2, 0) is 11.3 Å². The molecule has 0 saturated carbocycles. The van der Waals surface area contributed by atoms with Crippen molar-refractivity contribution in [1.29, 1.82) is 0 Å². The molecule has 2 aromatic carbocycles. The third kappa shape index (κ3) is 6.40. The van der Waals surface area contributed by atoms with Crippen molar-refractivity contribution in [2.45, 2.75) is 38.5 Å². The minimum atomic E-state index is -0.468. The minimum Gasteiger partial charge on any atom is -0.342 e. The number of halogens is 2. The molecular formula is C24H25Cl2N5O2S. The first-order chi connectivity index (χ1) is 16.2. The van der Waals surface area contributed by atoms with Crippen molar-refractivity contribution in [3.8, 4) is 0 Å². The smallest absolute Gasteiger partial charge is 0.253 e. The van der Waals surface area contributed by atoms with E-state index >= 15 is 0 Å². The van der Waals surface area contributed by atoms with Gasteiger partial charge in [0.1, 0.15) is 0 Å². The molecule has 0 spiro atoms. The van der Waals surface area contributed by atoms with Crippen LogP contribution in [0.3, 0.4) is 0 Å². The number of allylic oxidation sites excluding steroid dienone is 1. The van der Waals surface area contributed by atoms with Gasteiger partial charge < -0.3 is 15.2 Å². The lowest BCUT2D eigenvalue weighted by Crippen LogP contribution is -2.29. The van der Waals surface area contributed by atoms with Gasteiger partial charge in [-0.15, -0.1) is 16.8 Å². The molecule has 1 atom stereocenters. The van der Waals surface area contributed by atoms with Crippen molar-refractivity contribution < 1.29 is 9.59 Å². The predicted molar refractivity (Wildman–Crippen MR) is 138 cm³/mol. The summed E-state index contributed by atoms with van der Waals surface area (Å²) in [6, 6.07) is 10.1. The monoisotopic (exact) mass is 517 g/mol. The summed E-state index contributed by atoms with van der Waals surface area (Å²) in [5, 5.41) is 15.5. The molecule has 10 heteroatoms. The van der Waals surface area contributed by atoms with Gasteiger partial charge in [0, 0.05) is 17.3 Å². The summed E-state index contributed by atoms with van der Waals surface area (Å²) in [6.45, 7) is 9.97. The SMILES string of the molecule is C=CCn1c(SCC(=O)Nc2ccc(C)cc2C)nnc1C(C)NC(=O)c1ccc(Cl)cc1Cl. The number of hydrogen-bond acceptors (Lipinski definition) is 5. The third-order valence-corrected chi connectivity index (χ3v) is 6.47. The summed E-state index contributed by atoms with van der Waals surface area (Å²) in [6.07, 6.45) is 1.71. The van der Waals surface area contributed by atoms with Gasteiger partial charge >= 0.3 is 0 Å². The highest BCUT2D eigenvalue weighted by molar-refractivity contribution is 7.99. The van der Waals surface area contributed by atoms with Crippen molar-refractivity contribution in [2.24, 2.45) is 0 Å². The number of nitrogens with zero attached hydrogens (tertiary/aromatic N) is 3. The number of amides is 2. The van der Waals surface area contributed by atoms with Gasteiger partial charge in [0.15, 0.2) is 11.0 Å². The Bertz CT molecular complexity index is 1230. The normalized spacial score (nSPS) is 11.7. The van der Waals surface area contributed by atoms with E-state index in [9.17, 15) is 9.59 Å². The van der Waals surface area contributed by atoms with Gasteiger partial charge in [0.05, 0.1) is 22.4 Å². The minimum absolute atomic E-state index is 0.148. The lowest BCUT2D eigenvalue weighted by atomic mass is 10.1. The fraction of sp³-hybridized carbons (Fsp3) is 0.250. The van der Waals surface area contributed by atoms with E-state index in [4.69, 9.17) is 23.2 Å². The van der Waals surface area contributed by atoms with Gasteiger partial charge in [0.25, 0.3) is 5.91 Å². The molecule has 1 heterocycles. The quantitative estimate of drug-likeness (QED) is 0.284. The van der Waals surface area contributed by atoms with Crippen LogP contribution in [0.25, 0.3) is 0 Å². The molecule has 3 aromatic rings. The molecule has 7 nitrogen and oxygen atoms in total. The molecule has 0 saturated heterocycles. The highest BCUT2D eigenvalue weighted by atomic mass is 35.5. The van der Waals surface area contributed by atoms with E-state index in [0.29, 0.717) is 28.1 Å². The van der Waals surface area contributed by atoms with Crippen LogP contribution in [0.2, 0.25) is 10.0 Å². The molecule has 0 fully saturated rings. The number of anilines is 1. The fourth-order valence-electron chi connectivity index (χ4n) is 3.31. The number of aromatic nitrogens is 3. The second-order valence-electron chi connectivity index (χ2n) is 7.71. The van der Waals surface area contributed by atoms with E-state index in [-0.39, 0.29) is 22.6 Å². The predicted octanol–water partition coefficient (Wildman–Crippen LogP) is 5.61. The van der Waals surface area contributed by atoms with Crippen LogP contribution >= 0.6 is 35.0 Å². The van der Waals surface area contributed by atoms with Crippen LogP contribution in [-0.4, -0.2) is 32.3 Å². The molecule has 0 radical (unpaired) electrons. The van der Waals surface area contributed by atoms with Gasteiger partial charge in [-0.3, -0.25) is 9.59 Å². The maximum absolute atomic E-state index is 12.7. The van der Waals surface area contributed by atoms with Crippen LogP contribution in [0.4, 0.5) is 5.69 Å². The van der Waals surface area contributed by atoms with Crippen molar-refractivity contribution in [2.75, 3.05) is 11.1 Å². The zero-order chi connectivity index (χ0) is 24.8. The number of rotatable bonds is 9. The Labute approximate surface area is 212 Å². The Morgan fingerprint density at radius 3 is 2.62 bits per heavy atom. The van der Waals surface area contributed by atoms with Crippen molar-refractivity contribution >= 4 is 52.5 Å². The van der Waals surface area contributed by atoms with Gasteiger partial charge in [-0.05, 0) is 50.6 Å². The molecule has 178 valence electrons. The second kappa shape index (κ2) is 11.6. The number of benzene rings is 2. The number of aryl methyl sites for hydroxylation is 2. The van der Waals surface area contributed by atoms with E-state index in [1.54, 1.807) is 25.1 Å². The molecule has 0 aliphatic rings. The van der Waals surface area contributed by atoms with E-state index in [0.717, 1.165) is 16.8 Å². The molecule has 2 amide bonds. The van der Waals surface area contributed by atoms with Gasteiger partial charge in [0.2, 0.25) is 5.91 Å². The summed E-state index contributed by atoms with van der Waals surface area (Å²) in [4.78, 5) is 25.2. The van der Waals surface area contributed by atoms with E-state index in [2.05, 4.69) is 27.4 Å². The van der Waals surface area contributed by atoms with E-state index in [1.165, 1.54) is 17.8 Å². The van der Waals surface area contributed by atoms with Crippen LogP contribution in [0.1, 0.15) is 40.3 Å². The molecule has 1 aromatic heterocycles. The van der Waals surface area contributed by atoms with Crippen LogP contribution < -0.4 is 10.6 Å². The summed E-state index contributed by atoms with van der Waals surface area (Å²) < 4.78 is 1.82. The molecular weight excluding hydrogens is 493 g/mol. The maximum Gasteiger partial charge on any atom is 0.253 e. The molecule has 2 N–H and O–H groups in total. The summed E-state index contributed by atoms with van der Waals surface area (Å²) in [7, 11) is 0. The third-order valence-electron chi connectivity index (χ3n) is 4.96. The number of nitrogens with one attached hydrogen (secondary N) is 2. The fourth-order valence-corrected chi connectivity index (χ4v) is 4.56. The first kappa shape index (κ1) is 25.8. The summed E-state index contributed by atoms with van der Waals surface area (Å²) >= 11 is 13.3. The highest BCUT2D eigenvalue weighted by Gasteiger charge is 2.21. The molecule has 0 aliphatic heterocycles. The number of thioether (sulfide) groups is 1. The highest BCUT2D eigenvalue weighted by Crippen LogP contribution is 2.24. The molecule has 34 heavy (non-hydrogen) atoms. The topological polar surface area (TPSA) is 88.9 Å². The Hall–Kier alpha value is -2.81. The van der Waals surface area contributed by atoms with Crippen LogP contribution in [0.15, 0.2) is 54.2 Å². The summed E-state index contributed by atoms with van der Waals surface area (Å²) in [5.41, 5.74) is 3.22. The van der Waals surface area contributed by atoms with Gasteiger partial charge in [-0.25, -0.2) is 0 Å². The zero-order valence-corrected chi connectivity index (χ0v) is 21.4. The van der Waals surface area contributed by atoms with Gasteiger partial charge in [-0.2, -0.15) is 0 Å². The standard InChI is InChI=1S/C24H25Cl2N5O2S/c1-5-10-31-22(16(4)27-23(33)18-8-7-17(25)12-19(18)26)29-30-24(31)34-13-21(32)28-20-9-6-14(2)11-15(20)3/h5-9,11-12,16H,1,10,13H2,2-4H3,(H,27,33)(H,28,32). The Balaban J connectivity index is 1.68. The molecule has 1 unspecified atom stereocenters. The first-order valence-corrected chi connectivity index (χ1v) is 12.2. The largest absolute Gasteiger partial charge is 0.342 e. The second-order valence-corrected chi connectivity index (χ2v) is 9.50. The summed E-state index contributed by atoms with van der Waals surface area (Å²) in [5.74, 6) is 0.189. The Morgan fingerprint density at radius 1 is 1.18 bits per heavy atom. The zero-order valence-electron chi connectivity index (χ0n) is 19.1. The van der Waals surface area contributed by atoms with Crippen molar-refractivity contribution in [3.63, 3.8) is 0 Å². The van der Waals surface area contributed by atoms with E-state index < -0.39 is 6.04 Å². The molecule has 0 bridgehead atoms.